The Balaban J connectivity index is 1.03. The van der Waals surface area contributed by atoms with Crippen LogP contribution < -0.4 is 0 Å². The average molecular weight is 797 g/mol. The van der Waals surface area contributed by atoms with Crippen LogP contribution in [-0.2, 0) is 0 Å². The number of rotatable bonds is 7. The van der Waals surface area contributed by atoms with Crippen LogP contribution in [0.1, 0.15) is 0 Å². The number of fused-ring (bicyclic) bond motifs is 6. The highest BCUT2D eigenvalue weighted by Gasteiger charge is 2.23. The van der Waals surface area contributed by atoms with Crippen molar-refractivity contribution < 1.29 is 8.83 Å². The molecular formula is C54H32N6O2. The van der Waals surface area contributed by atoms with Crippen LogP contribution in [0, 0.1) is 0 Å². The Morgan fingerprint density at radius 3 is 0.742 bits per heavy atom. The zero-order chi connectivity index (χ0) is 41.0. The first-order chi connectivity index (χ1) is 30.7. The van der Waals surface area contributed by atoms with Crippen molar-refractivity contribution in [1.82, 2.24) is 29.9 Å². The first kappa shape index (κ1) is 35.3. The van der Waals surface area contributed by atoms with Crippen molar-refractivity contribution in [2.45, 2.75) is 0 Å². The second-order valence-corrected chi connectivity index (χ2v) is 15.0. The van der Waals surface area contributed by atoms with Gasteiger partial charge in [-0.25, -0.2) is 29.9 Å². The molecule has 12 rings (SSSR count). The van der Waals surface area contributed by atoms with Gasteiger partial charge in [-0.1, -0.05) is 182 Å². The summed E-state index contributed by atoms with van der Waals surface area (Å²) < 4.78 is 13.9. The van der Waals surface area contributed by atoms with Crippen LogP contribution in [0.2, 0.25) is 0 Å². The van der Waals surface area contributed by atoms with Gasteiger partial charge in [0, 0.05) is 54.9 Å². The molecule has 0 N–H and O–H groups in total. The predicted octanol–water partition coefficient (Wildman–Crippen LogP) is 13.5. The van der Waals surface area contributed by atoms with Gasteiger partial charge in [0.2, 0.25) is 0 Å². The van der Waals surface area contributed by atoms with Gasteiger partial charge in [0.1, 0.15) is 22.3 Å². The van der Waals surface area contributed by atoms with Gasteiger partial charge in [-0.2, -0.15) is 0 Å². The van der Waals surface area contributed by atoms with Crippen molar-refractivity contribution in [2.24, 2.45) is 0 Å². The first-order valence-corrected chi connectivity index (χ1v) is 20.4. The van der Waals surface area contributed by atoms with Crippen LogP contribution in [0.15, 0.2) is 203 Å². The van der Waals surface area contributed by atoms with E-state index in [0.717, 1.165) is 77.2 Å². The molecule has 8 nitrogen and oxygen atoms in total. The van der Waals surface area contributed by atoms with Gasteiger partial charge >= 0.3 is 0 Å². The summed E-state index contributed by atoms with van der Waals surface area (Å²) >= 11 is 0. The van der Waals surface area contributed by atoms with Crippen LogP contribution in [0.3, 0.4) is 0 Å². The maximum atomic E-state index is 6.97. The number of nitrogens with zero attached hydrogens (tertiary/aromatic N) is 6. The lowest BCUT2D eigenvalue weighted by Crippen LogP contribution is -2.00. The molecule has 290 valence electrons. The normalized spacial score (nSPS) is 11.5. The molecule has 4 aromatic heterocycles. The zero-order valence-corrected chi connectivity index (χ0v) is 33.0. The molecule has 4 heterocycles. The Morgan fingerprint density at radius 1 is 0.210 bits per heavy atom. The molecule has 62 heavy (non-hydrogen) atoms. The van der Waals surface area contributed by atoms with Crippen molar-refractivity contribution in [2.75, 3.05) is 0 Å². The van der Waals surface area contributed by atoms with Crippen LogP contribution >= 0.6 is 0 Å². The molecule has 0 saturated carbocycles. The number of furan rings is 2. The first-order valence-electron chi connectivity index (χ1n) is 20.4. The highest BCUT2D eigenvalue weighted by molar-refractivity contribution is 6.17. The third-order valence-electron chi connectivity index (χ3n) is 11.2. The molecular weight excluding hydrogens is 765 g/mol. The maximum absolute atomic E-state index is 6.97. The Bertz CT molecular complexity index is 3270. The Morgan fingerprint density at radius 2 is 0.452 bits per heavy atom. The van der Waals surface area contributed by atoms with Crippen molar-refractivity contribution >= 4 is 43.9 Å². The minimum atomic E-state index is 0.528. The Kier molecular flexibility index (Phi) is 8.31. The molecule has 0 unspecified atom stereocenters. The lowest BCUT2D eigenvalue weighted by Gasteiger charge is -2.08. The average Bonchev–Trinajstić information content (AvgIpc) is 3.94. The summed E-state index contributed by atoms with van der Waals surface area (Å²) in [7, 11) is 0. The van der Waals surface area contributed by atoms with E-state index in [-0.39, 0.29) is 0 Å². The van der Waals surface area contributed by atoms with Crippen molar-refractivity contribution in [1.29, 1.82) is 0 Å². The summed E-state index contributed by atoms with van der Waals surface area (Å²) in [6.45, 7) is 0. The van der Waals surface area contributed by atoms with E-state index in [1.54, 1.807) is 0 Å². The SMILES string of the molecule is c1ccc(-c2nc(-c3ccccc3)nc(-c3cccc4c3oc3c(-c5cccc6c5oc5c(-c7nc(-c8ccccc8)nc(-c8ccccc8)n7)cccc56)cccc34)n2)cc1. The van der Waals surface area contributed by atoms with E-state index in [9.17, 15) is 0 Å². The highest BCUT2D eigenvalue weighted by atomic mass is 16.3. The number of para-hydroxylation sites is 4. The van der Waals surface area contributed by atoms with E-state index >= 15 is 0 Å². The smallest absolute Gasteiger partial charge is 0.167 e. The number of benzene rings is 8. The summed E-state index contributed by atoms with van der Waals surface area (Å²) in [5, 5.41) is 3.86. The minimum Gasteiger partial charge on any atom is -0.455 e. The summed E-state index contributed by atoms with van der Waals surface area (Å²) in [4.78, 5) is 30.0. The molecule has 0 aliphatic heterocycles. The fourth-order valence-electron chi connectivity index (χ4n) is 8.27. The molecule has 0 aliphatic carbocycles. The zero-order valence-electron chi connectivity index (χ0n) is 33.0. The molecule has 0 aliphatic rings. The fourth-order valence-corrected chi connectivity index (χ4v) is 8.27. The summed E-state index contributed by atoms with van der Waals surface area (Å²) in [6, 6.07) is 64.7. The third-order valence-corrected chi connectivity index (χ3v) is 11.2. The number of aromatic nitrogens is 6. The lowest BCUT2D eigenvalue weighted by atomic mass is 9.99. The molecule has 8 aromatic carbocycles. The fraction of sp³-hybridized carbons (Fsp3) is 0. The van der Waals surface area contributed by atoms with Gasteiger partial charge in [-0.15, -0.1) is 0 Å². The van der Waals surface area contributed by atoms with Crippen LogP contribution in [0.25, 0.3) is 123 Å². The number of hydrogen-bond acceptors (Lipinski definition) is 8. The van der Waals surface area contributed by atoms with Gasteiger partial charge in [0.15, 0.2) is 34.9 Å². The standard InChI is InChI=1S/C54H32N6O2/c1-5-17-33(18-6-1)49-55-50(34-19-7-2-8-20-34)58-53(57-49)43-31-15-29-41-39-27-13-25-37(45(39)61-47(41)43)38-26-14-28-40-42-30-16-32-44(48(42)62-46(38)40)54-59-51(35-21-9-3-10-22-35)56-52(60-54)36-23-11-4-12-24-36/h1-32H. The largest absolute Gasteiger partial charge is 0.455 e. The molecule has 0 amide bonds. The highest BCUT2D eigenvalue weighted by Crippen LogP contribution is 2.44. The van der Waals surface area contributed by atoms with Crippen LogP contribution in [-0.4, -0.2) is 29.9 Å². The quantitative estimate of drug-likeness (QED) is 0.157. The van der Waals surface area contributed by atoms with E-state index in [1.807, 2.05) is 146 Å². The van der Waals surface area contributed by atoms with Crippen molar-refractivity contribution in [3.05, 3.63) is 194 Å². The van der Waals surface area contributed by atoms with Crippen molar-refractivity contribution in [3.63, 3.8) is 0 Å². The Labute approximate surface area is 354 Å². The molecule has 0 fully saturated rings. The second-order valence-electron chi connectivity index (χ2n) is 15.0. The van der Waals surface area contributed by atoms with Gasteiger partial charge in [0.25, 0.3) is 0 Å². The summed E-state index contributed by atoms with van der Waals surface area (Å²) in [5.74, 6) is 3.40. The van der Waals surface area contributed by atoms with E-state index < -0.39 is 0 Å². The van der Waals surface area contributed by atoms with Gasteiger partial charge < -0.3 is 8.83 Å². The predicted molar refractivity (Wildman–Crippen MR) is 246 cm³/mol. The monoisotopic (exact) mass is 796 g/mol. The van der Waals surface area contributed by atoms with Crippen LogP contribution in [0.4, 0.5) is 0 Å². The Hall–Kier alpha value is -8.62. The minimum absolute atomic E-state index is 0.528. The summed E-state index contributed by atoms with van der Waals surface area (Å²) in [6.07, 6.45) is 0. The van der Waals surface area contributed by atoms with E-state index in [0.29, 0.717) is 46.1 Å². The molecule has 0 atom stereocenters. The summed E-state index contributed by atoms with van der Waals surface area (Å²) in [5.41, 5.74) is 9.81. The third kappa shape index (κ3) is 6.00. The molecule has 0 radical (unpaired) electrons. The van der Waals surface area contributed by atoms with Crippen LogP contribution in [0.5, 0.6) is 0 Å². The second kappa shape index (κ2) is 14.6. The molecule has 0 spiro atoms. The van der Waals surface area contributed by atoms with E-state index in [1.165, 1.54) is 0 Å². The maximum Gasteiger partial charge on any atom is 0.167 e. The molecule has 8 heteroatoms. The van der Waals surface area contributed by atoms with Gasteiger partial charge in [-0.3, -0.25) is 0 Å². The molecule has 0 saturated heterocycles. The van der Waals surface area contributed by atoms with Gasteiger partial charge in [-0.05, 0) is 12.1 Å². The lowest BCUT2D eigenvalue weighted by molar-refractivity contribution is 0.665. The topological polar surface area (TPSA) is 104 Å². The van der Waals surface area contributed by atoms with E-state index in [2.05, 4.69) is 48.5 Å². The van der Waals surface area contributed by atoms with Gasteiger partial charge in [0.05, 0.1) is 11.1 Å². The van der Waals surface area contributed by atoms with Crippen molar-refractivity contribution in [3.8, 4) is 79.5 Å². The molecule has 12 aromatic rings. The van der Waals surface area contributed by atoms with E-state index in [4.69, 9.17) is 38.7 Å². The molecule has 0 bridgehead atoms. The number of hydrogen-bond donors (Lipinski definition) is 0.